The maximum absolute atomic E-state index is 11.4. The van der Waals surface area contributed by atoms with Crippen LogP contribution in [0.2, 0.25) is 10.0 Å². The van der Waals surface area contributed by atoms with E-state index in [1.165, 1.54) is 12.1 Å². The van der Waals surface area contributed by atoms with E-state index in [0.29, 0.717) is 34.7 Å². The molecule has 0 unspecified atom stereocenters. The lowest BCUT2D eigenvalue weighted by atomic mass is 10.2. The van der Waals surface area contributed by atoms with Gasteiger partial charge in [0.05, 0.1) is 16.5 Å². The van der Waals surface area contributed by atoms with Crippen molar-refractivity contribution >= 4 is 38.9 Å². The van der Waals surface area contributed by atoms with Gasteiger partial charge >= 0.3 is 0 Å². The van der Waals surface area contributed by atoms with Crippen LogP contribution in [0.3, 0.4) is 0 Å². The van der Waals surface area contributed by atoms with E-state index in [1.54, 1.807) is 24.3 Å². The highest BCUT2D eigenvalue weighted by Crippen LogP contribution is 2.37. The molecule has 3 N–H and O–H groups in total. The van der Waals surface area contributed by atoms with Crippen LogP contribution in [0.25, 0.3) is 0 Å². The van der Waals surface area contributed by atoms with E-state index in [-0.39, 0.29) is 11.5 Å². The fourth-order valence-electron chi connectivity index (χ4n) is 2.86. The van der Waals surface area contributed by atoms with E-state index in [9.17, 15) is 8.42 Å². The van der Waals surface area contributed by atoms with Crippen molar-refractivity contribution in [2.75, 3.05) is 11.9 Å². The fourth-order valence-corrected chi connectivity index (χ4v) is 3.85. The molecular formula is C22H22Cl2N2O4S. The molecule has 3 rings (SSSR count). The van der Waals surface area contributed by atoms with Gasteiger partial charge in [-0.15, -0.1) is 0 Å². The number of anilines is 1. The van der Waals surface area contributed by atoms with Gasteiger partial charge in [0.1, 0.15) is 6.61 Å². The van der Waals surface area contributed by atoms with Gasteiger partial charge in [-0.2, -0.15) is 0 Å². The summed E-state index contributed by atoms with van der Waals surface area (Å²) in [4.78, 5) is 0.0553. The van der Waals surface area contributed by atoms with Crippen molar-refractivity contribution < 1.29 is 17.9 Å². The van der Waals surface area contributed by atoms with Crippen molar-refractivity contribution in [1.82, 2.24) is 0 Å². The zero-order chi connectivity index (χ0) is 22.4. The van der Waals surface area contributed by atoms with E-state index < -0.39 is 10.0 Å². The lowest BCUT2D eigenvalue weighted by Gasteiger charge is -2.16. The Morgan fingerprint density at radius 2 is 1.68 bits per heavy atom. The second-order valence-electron chi connectivity index (χ2n) is 6.64. The van der Waals surface area contributed by atoms with Crippen LogP contribution < -0.4 is 19.9 Å². The van der Waals surface area contributed by atoms with Crippen LogP contribution in [0, 0.1) is 0 Å². The van der Waals surface area contributed by atoms with Crippen molar-refractivity contribution in [2.45, 2.75) is 25.0 Å². The van der Waals surface area contributed by atoms with Gasteiger partial charge < -0.3 is 14.8 Å². The summed E-state index contributed by atoms with van der Waals surface area (Å²) in [6.45, 7) is 3.03. The Balaban J connectivity index is 1.74. The minimum atomic E-state index is -3.72. The SMILES string of the molecule is CCOc1cc(CNc2ccc(S(N)(=O)=O)cc2)cc(Cl)c1OCc1ccccc1Cl. The van der Waals surface area contributed by atoms with E-state index in [1.807, 2.05) is 31.2 Å². The van der Waals surface area contributed by atoms with Crippen molar-refractivity contribution in [3.63, 3.8) is 0 Å². The summed E-state index contributed by atoms with van der Waals surface area (Å²) in [7, 11) is -3.72. The number of primary sulfonamides is 1. The molecule has 0 fully saturated rings. The molecule has 0 atom stereocenters. The topological polar surface area (TPSA) is 90.6 Å². The van der Waals surface area contributed by atoms with Crippen molar-refractivity contribution in [3.8, 4) is 11.5 Å². The summed E-state index contributed by atoms with van der Waals surface area (Å²) in [6.07, 6.45) is 0. The predicted molar refractivity (Wildman–Crippen MR) is 124 cm³/mol. The zero-order valence-electron chi connectivity index (χ0n) is 16.8. The van der Waals surface area contributed by atoms with Crippen LogP contribution in [-0.2, 0) is 23.2 Å². The summed E-state index contributed by atoms with van der Waals surface area (Å²) >= 11 is 12.7. The molecule has 0 saturated heterocycles. The highest BCUT2D eigenvalue weighted by molar-refractivity contribution is 7.89. The molecule has 0 aliphatic rings. The van der Waals surface area contributed by atoms with E-state index >= 15 is 0 Å². The molecule has 6 nitrogen and oxygen atoms in total. The van der Waals surface area contributed by atoms with E-state index in [4.69, 9.17) is 37.8 Å². The first kappa shape index (κ1) is 23.2. The third-order valence-corrected chi connectivity index (χ3v) is 5.96. The molecule has 0 radical (unpaired) electrons. The van der Waals surface area contributed by atoms with E-state index in [0.717, 1.165) is 16.8 Å². The summed E-state index contributed by atoms with van der Waals surface area (Å²) in [5.41, 5.74) is 2.45. The standard InChI is InChI=1S/C22H22Cl2N2O4S/c1-2-29-21-12-15(13-26-17-7-9-18(10-8-17)31(25,27)28)11-20(24)22(21)30-14-16-5-3-4-6-19(16)23/h3-12,26H,2,13-14H2,1H3,(H2,25,27,28). The molecule has 0 amide bonds. The molecule has 31 heavy (non-hydrogen) atoms. The summed E-state index contributed by atoms with van der Waals surface area (Å²) in [5, 5.41) is 9.37. The second-order valence-corrected chi connectivity index (χ2v) is 9.02. The molecule has 0 aromatic heterocycles. The average Bonchev–Trinajstić information content (AvgIpc) is 2.73. The zero-order valence-corrected chi connectivity index (χ0v) is 19.1. The first-order valence-corrected chi connectivity index (χ1v) is 11.8. The highest BCUT2D eigenvalue weighted by atomic mass is 35.5. The second kappa shape index (κ2) is 10.2. The number of ether oxygens (including phenoxy) is 2. The van der Waals surface area contributed by atoms with Crippen LogP contribution in [0.1, 0.15) is 18.1 Å². The van der Waals surface area contributed by atoms with Crippen molar-refractivity contribution in [3.05, 3.63) is 81.8 Å². The minimum absolute atomic E-state index is 0.0553. The molecule has 0 bridgehead atoms. The number of nitrogens with one attached hydrogen (secondary N) is 1. The Bertz CT molecular complexity index is 1150. The van der Waals surface area contributed by atoms with Crippen molar-refractivity contribution in [2.24, 2.45) is 5.14 Å². The molecule has 0 aliphatic heterocycles. The van der Waals surface area contributed by atoms with Crippen LogP contribution in [0.4, 0.5) is 5.69 Å². The molecule has 0 saturated carbocycles. The Labute approximate surface area is 191 Å². The third-order valence-electron chi connectivity index (χ3n) is 4.38. The van der Waals surface area contributed by atoms with Gasteiger partial charge in [-0.05, 0) is 55.0 Å². The van der Waals surface area contributed by atoms with Gasteiger partial charge in [0.25, 0.3) is 0 Å². The van der Waals surface area contributed by atoms with Gasteiger partial charge in [0.15, 0.2) is 11.5 Å². The van der Waals surface area contributed by atoms with Crippen LogP contribution in [0.5, 0.6) is 11.5 Å². The molecule has 164 valence electrons. The van der Waals surface area contributed by atoms with Crippen molar-refractivity contribution in [1.29, 1.82) is 0 Å². The largest absolute Gasteiger partial charge is 0.490 e. The Hall–Kier alpha value is -2.45. The number of rotatable bonds is 9. The van der Waals surface area contributed by atoms with Crippen LogP contribution in [-0.4, -0.2) is 15.0 Å². The van der Waals surface area contributed by atoms with Gasteiger partial charge in [0, 0.05) is 22.8 Å². The summed E-state index contributed by atoms with van der Waals surface area (Å²) in [5.74, 6) is 0.980. The number of nitrogens with two attached hydrogens (primary N) is 1. The van der Waals surface area contributed by atoms with Crippen LogP contribution >= 0.6 is 23.2 Å². The molecule has 0 spiro atoms. The van der Waals surface area contributed by atoms with Gasteiger partial charge in [-0.25, -0.2) is 13.6 Å². The van der Waals surface area contributed by atoms with Gasteiger partial charge in [-0.3, -0.25) is 0 Å². The first-order valence-electron chi connectivity index (χ1n) is 9.46. The highest BCUT2D eigenvalue weighted by Gasteiger charge is 2.14. The maximum atomic E-state index is 11.4. The quantitative estimate of drug-likeness (QED) is 0.437. The summed E-state index contributed by atoms with van der Waals surface area (Å²) < 4.78 is 34.4. The Morgan fingerprint density at radius 3 is 2.32 bits per heavy atom. The molecule has 0 aliphatic carbocycles. The monoisotopic (exact) mass is 480 g/mol. The molecule has 3 aromatic carbocycles. The minimum Gasteiger partial charge on any atom is -0.490 e. The number of halogens is 2. The smallest absolute Gasteiger partial charge is 0.238 e. The Kier molecular flexibility index (Phi) is 7.67. The molecular weight excluding hydrogens is 459 g/mol. The lowest BCUT2D eigenvalue weighted by Crippen LogP contribution is -2.12. The number of hydrogen-bond acceptors (Lipinski definition) is 5. The number of hydrogen-bond donors (Lipinski definition) is 2. The Morgan fingerprint density at radius 1 is 0.968 bits per heavy atom. The summed E-state index contributed by atoms with van der Waals surface area (Å²) in [6, 6.07) is 17.3. The van der Waals surface area contributed by atoms with E-state index in [2.05, 4.69) is 5.32 Å². The average molecular weight is 481 g/mol. The molecule has 3 aromatic rings. The predicted octanol–water partition coefficient (Wildman–Crippen LogP) is 5.23. The van der Waals surface area contributed by atoms with Gasteiger partial charge in [0.2, 0.25) is 10.0 Å². The normalized spacial score (nSPS) is 11.2. The molecule has 0 heterocycles. The first-order chi connectivity index (χ1) is 14.8. The maximum Gasteiger partial charge on any atom is 0.238 e. The third kappa shape index (κ3) is 6.27. The molecule has 9 heteroatoms. The van der Waals surface area contributed by atoms with Crippen LogP contribution in [0.15, 0.2) is 65.6 Å². The lowest BCUT2D eigenvalue weighted by molar-refractivity contribution is 0.269. The van der Waals surface area contributed by atoms with Gasteiger partial charge in [-0.1, -0.05) is 41.4 Å². The number of sulfonamides is 1. The number of benzene rings is 3. The fraction of sp³-hybridized carbons (Fsp3) is 0.182.